The molecule has 0 radical (unpaired) electrons. The SMILES string of the molecule is CCCCCC/C(C(=O)OC)=C(/[O-])OC.[Na+]. The molecule has 0 saturated carbocycles. The zero-order chi connectivity index (χ0) is 11.7. The molecule has 88 valence electrons. The average molecular weight is 238 g/mol. The van der Waals surface area contributed by atoms with Gasteiger partial charge >= 0.3 is 35.5 Å². The van der Waals surface area contributed by atoms with Gasteiger partial charge in [0.2, 0.25) is 0 Å². The van der Waals surface area contributed by atoms with E-state index in [4.69, 9.17) is 0 Å². The predicted molar refractivity (Wildman–Crippen MR) is 54.8 cm³/mol. The smallest absolute Gasteiger partial charge is 0.616 e. The van der Waals surface area contributed by atoms with E-state index in [1.807, 2.05) is 0 Å². The van der Waals surface area contributed by atoms with E-state index in [0.717, 1.165) is 25.7 Å². The van der Waals surface area contributed by atoms with Gasteiger partial charge in [0.25, 0.3) is 0 Å². The number of rotatable bonds is 7. The van der Waals surface area contributed by atoms with Crippen LogP contribution in [-0.4, -0.2) is 20.2 Å². The van der Waals surface area contributed by atoms with Crippen molar-refractivity contribution >= 4 is 5.97 Å². The number of hydrogen-bond acceptors (Lipinski definition) is 4. The van der Waals surface area contributed by atoms with Crippen molar-refractivity contribution in [1.29, 1.82) is 0 Å². The third kappa shape index (κ3) is 7.14. The number of methoxy groups -OCH3 is 2. The minimum absolute atomic E-state index is 0. The van der Waals surface area contributed by atoms with Gasteiger partial charge in [-0.25, -0.2) is 4.79 Å². The first kappa shape index (κ1) is 18.2. The van der Waals surface area contributed by atoms with Crippen LogP contribution in [0.2, 0.25) is 0 Å². The first-order valence-corrected chi connectivity index (χ1v) is 5.19. The first-order valence-electron chi connectivity index (χ1n) is 5.19. The van der Waals surface area contributed by atoms with E-state index in [1.165, 1.54) is 14.2 Å². The monoisotopic (exact) mass is 238 g/mol. The van der Waals surface area contributed by atoms with Crippen molar-refractivity contribution in [3.63, 3.8) is 0 Å². The second-order valence-corrected chi connectivity index (χ2v) is 3.27. The molecule has 16 heavy (non-hydrogen) atoms. The number of carbonyl (C=O) groups is 1. The Morgan fingerprint density at radius 2 is 1.75 bits per heavy atom. The molecule has 4 nitrogen and oxygen atoms in total. The van der Waals surface area contributed by atoms with Crippen LogP contribution in [0.5, 0.6) is 0 Å². The fourth-order valence-corrected chi connectivity index (χ4v) is 1.26. The molecule has 0 bridgehead atoms. The van der Waals surface area contributed by atoms with Gasteiger partial charge in [0, 0.05) is 0 Å². The quantitative estimate of drug-likeness (QED) is 0.175. The molecule has 0 amide bonds. The molecular formula is C11H19NaO4. The fraction of sp³-hybridized carbons (Fsp3) is 0.727. The summed E-state index contributed by atoms with van der Waals surface area (Å²) in [5.41, 5.74) is 0.108. The topological polar surface area (TPSA) is 58.6 Å². The van der Waals surface area contributed by atoms with Gasteiger partial charge in [-0.3, -0.25) is 0 Å². The van der Waals surface area contributed by atoms with Crippen LogP contribution in [0.1, 0.15) is 39.0 Å². The molecule has 0 spiro atoms. The van der Waals surface area contributed by atoms with Crippen LogP contribution >= 0.6 is 0 Å². The Morgan fingerprint density at radius 1 is 1.12 bits per heavy atom. The van der Waals surface area contributed by atoms with Gasteiger partial charge in [-0.2, -0.15) is 0 Å². The van der Waals surface area contributed by atoms with Crippen LogP contribution in [-0.2, 0) is 14.3 Å². The number of unbranched alkanes of at least 4 members (excludes halogenated alkanes) is 3. The largest absolute Gasteiger partial charge is 1.00 e. The molecule has 0 unspecified atom stereocenters. The molecule has 0 saturated heterocycles. The maximum atomic E-state index is 11.2. The van der Waals surface area contributed by atoms with Gasteiger partial charge in [0.1, 0.15) is 0 Å². The van der Waals surface area contributed by atoms with Gasteiger partial charge in [-0.05, 0) is 20.0 Å². The molecule has 0 rings (SSSR count). The summed E-state index contributed by atoms with van der Waals surface area (Å²) in [5.74, 6) is -1.17. The maximum Gasteiger partial charge on any atom is 1.00 e. The molecular weight excluding hydrogens is 219 g/mol. The summed E-state index contributed by atoms with van der Waals surface area (Å²) < 4.78 is 9.03. The number of hydrogen-bond donors (Lipinski definition) is 0. The third-order valence-electron chi connectivity index (χ3n) is 2.14. The van der Waals surface area contributed by atoms with Gasteiger partial charge < -0.3 is 14.6 Å². The second-order valence-electron chi connectivity index (χ2n) is 3.27. The summed E-state index contributed by atoms with van der Waals surface area (Å²) >= 11 is 0. The number of esters is 1. The first-order chi connectivity index (χ1) is 7.17. The molecule has 0 aliphatic heterocycles. The van der Waals surface area contributed by atoms with E-state index in [1.54, 1.807) is 0 Å². The summed E-state index contributed by atoms with van der Waals surface area (Å²) in [5, 5.41) is 11.2. The molecule has 0 atom stereocenters. The fourth-order valence-electron chi connectivity index (χ4n) is 1.26. The van der Waals surface area contributed by atoms with Crippen molar-refractivity contribution in [1.82, 2.24) is 0 Å². The Balaban J connectivity index is 0. The second kappa shape index (κ2) is 11.3. The van der Waals surface area contributed by atoms with Crippen molar-refractivity contribution in [3.8, 4) is 0 Å². The normalized spacial score (nSPS) is 11.2. The zero-order valence-electron chi connectivity index (χ0n) is 10.7. The van der Waals surface area contributed by atoms with E-state index in [9.17, 15) is 9.90 Å². The molecule has 0 aliphatic carbocycles. The summed E-state index contributed by atoms with van der Waals surface area (Å²) in [6.07, 6.45) is 4.47. The minimum atomic E-state index is -0.585. The maximum absolute atomic E-state index is 11.2. The summed E-state index contributed by atoms with van der Waals surface area (Å²) in [7, 11) is 2.52. The molecule has 0 fully saturated rings. The van der Waals surface area contributed by atoms with Crippen molar-refractivity contribution in [2.45, 2.75) is 39.0 Å². The average Bonchev–Trinajstić information content (AvgIpc) is 2.27. The Hall–Kier alpha value is -0.190. The van der Waals surface area contributed by atoms with E-state index < -0.39 is 11.9 Å². The number of carbonyl (C=O) groups excluding carboxylic acids is 1. The molecule has 0 aromatic rings. The van der Waals surface area contributed by atoms with Crippen LogP contribution in [0, 0.1) is 0 Å². The van der Waals surface area contributed by atoms with Crippen molar-refractivity contribution < 1.29 is 48.9 Å². The van der Waals surface area contributed by atoms with Gasteiger partial charge in [0.15, 0.2) is 0 Å². The van der Waals surface area contributed by atoms with Gasteiger partial charge in [-0.15, -0.1) is 0 Å². The van der Waals surface area contributed by atoms with Gasteiger partial charge in [0.05, 0.1) is 18.6 Å². The molecule has 0 aromatic heterocycles. The van der Waals surface area contributed by atoms with Crippen LogP contribution < -0.4 is 34.7 Å². The van der Waals surface area contributed by atoms with Crippen LogP contribution in [0.15, 0.2) is 11.5 Å². The molecule has 0 heterocycles. The van der Waals surface area contributed by atoms with Crippen LogP contribution in [0.25, 0.3) is 0 Å². The Morgan fingerprint density at radius 3 is 2.19 bits per heavy atom. The van der Waals surface area contributed by atoms with Crippen LogP contribution in [0.4, 0.5) is 0 Å². The Kier molecular flexibility index (Phi) is 12.8. The van der Waals surface area contributed by atoms with Crippen molar-refractivity contribution in [3.05, 3.63) is 11.5 Å². The van der Waals surface area contributed by atoms with Gasteiger partial charge in [-0.1, -0.05) is 26.2 Å². The van der Waals surface area contributed by atoms with E-state index in [0.29, 0.717) is 6.42 Å². The molecule has 0 N–H and O–H groups in total. The minimum Gasteiger partial charge on any atom is -0.616 e. The van der Waals surface area contributed by atoms with Crippen LogP contribution in [0.3, 0.4) is 0 Å². The Bertz CT molecular complexity index is 226. The molecule has 5 heteroatoms. The standard InChI is InChI=1S/C11H20O4.Na/c1-4-5-6-7-8-9(10(12)14-2)11(13)15-3;/h12H,4-8H2,1-3H3;/q;+1/p-1/b10-9+;. The van der Waals surface area contributed by atoms with E-state index in [2.05, 4.69) is 16.4 Å². The zero-order valence-corrected chi connectivity index (χ0v) is 12.7. The summed E-state index contributed by atoms with van der Waals surface area (Å²) in [4.78, 5) is 11.2. The predicted octanol–water partition coefficient (Wildman–Crippen LogP) is -1.65. The third-order valence-corrected chi connectivity index (χ3v) is 2.14. The van der Waals surface area contributed by atoms with Crippen molar-refractivity contribution in [2.75, 3.05) is 14.2 Å². The number of ether oxygens (including phenoxy) is 2. The molecule has 0 aromatic carbocycles. The van der Waals surface area contributed by atoms with E-state index in [-0.39, 0.29) is 35.1 Å². The Labute approximate surface area is 119 Å². The molecule has 0 aliphatic rings. The summed E-state index contributed by atoms with van der Waals surface area (Å²) in [6, 6.07) is 0. The summed E-state index contributed by atoms with van der Waals surface area (Å²) in [6.45, 7) is 2.10. The van der Waals surface area contributed by atoms with E-state index >= 15 is 0 Å². The van der Waals surface area contributed by atoms with Crippen molar-refractivity contribution in [2.24, 2.45) is 0 Å².